The van der Waals surface area contributed by atoms with E-state index in [-0.39, 0.29) is 12.0 Å². The van der Waals surface area contributed by atoms with Crippen molar-refractivity contribution in [1.29, 1.82) is 0 Å². The number of hydrogen-bond acceptors (Lipinski definition) is 6. The quantitative estimate of drug-likeness (QED) is 0.436. The van der Waals surface area contributed by atoms with Crippen LogP contribution in [0.4, 0.5) is 0 Å². The number of nitrogens with one attached hydrogen (secondary N) is 1. The zero-order valence-corrected chi connectivity index (χ0v) is 18.8. The van der Waals surface area contributed by atoms with Crippen LogP contribution < -0.4 is 10.1 Å². The molecule has 0 bridgehead atoms. The van der Waals surface area contributed by atoms with Gasteiger partial charge in [-0.05, 0) is 47.7 Å². The molecule has 0 aliphatic carbocycles. The summed E-state index contributed by atoms with van der Waals surface area (Å²) in [6.45, 7) is 0.435. The maximum absolute atomic E-state index is 12.4. The predicted molar refractivity (Wildman–Crippen MR) is 124 cm³/mol. The lowest BCUT2D eigenvalue weighted by molar-refractivity contribution is -0.120. The third-order valence-electron chi connectivity index (χ3n) is 5.34. The van der Waals surface area contributed by atoms with E-state index in [0.717, 1.165) is 22.4 Å². The number of methoxy groups -OCH3 is 1. The Bertz CT molecular complexity index is 1110. The standard InChI is InChI=1S/C25H24N2O4S/c1-30-25(29)18-8-11-22(26-14-18)21-5-3-4-17-13-19(31-24(17)21)15-27-23(28)12-16-6-9-20(32-2)10-7-16/h3-11,14,19H,12-13,15H2,1-2H3,(H,27,28). The number of benzene rings is 2. The number of pyridine rings is 1. The minimum absolute atomic E-state index is 0.0262. The number of fused-ring (bicyclic) bond motifs is 1. The second-order valence-electron chi connectivity index (χ2n) is 7.49. The summed E-state index contributed by atoms with van der Waals surface area (Å²) < 4.78 is 10.9. The average molecular weight is 449 g/mol. The fourth-order valence-corrected chi connectivity index (χ4v) is 4.07. The zero-order chi connectivity index (χ0) is 22.5. The van der Waals surface area contributed by atoms with Gasteiger partial charge in [-0.3, -0.25) is 9.78 Å². The largest absolute Gasteiger partial charge is 0.487 e. The van der Waals surface area contributed by atoms with E-state index >= 15 is 0 Å². The number of hydrogen-bond donors (Lipinski definition) is 1. The summed E-state index contributed by atoms with van der Waals surface area (Å²) >= 11 is 1.68. The van der Waals surface area contributed by atoms with Crippen molar-refractivity contribution in [3.63, 3.8) is 0 Å². The Morgan fingerprint density at radius 1 is 1.16 bits per heavy atom. The lowest BCUT2D eigenvalue weighted by Crippen LogP contribution is -2.35. The number of aromatic nitrogens is 1. The van der Waals surface area contributed by atoms with Gasteiger partial charge in [0.05, 0.1) is 31.3 Å². The number of esters is 1. The molecule has 164 valence electrons. The Morgan fingerprint density at radius 3 is 2.66 bits per heavy atom. The van der Waals surface area contributed by atoms with Crippen LogP contribution in [-0.2, 0) is 22.4 Å². The Balaban J connectivity index is 1.37. The van der Waals surface area contributed by atoms with Gasteiger partial charge in [-0.15, -0.1) is 11.8 Å². The summed E-state index contributed by atoms with van der Waals surface area (Å²) in [6.07, 6.45) is 4.45. The van der Waals surface area contributed by atoms with E-state index in [1.54, 1.807) is 23.9 Å². The summed E-state index contributed by atoms with van der Waals surface area (Å²) in [7, 11) is 1.34. The summed E-state index contributed by atoms with van der Waals surface area (Å²) in [4.78, 5) is 29.6. The molecule has 4 rings (SSSR count). The van der Waals surface area contributed by atoms with Gasteiger partial charge in [-0.2, -0.15) is 0 Å². The third kappa shape index (κ3) is 4.94. The van der Waals surface area contributed by atoms with Crippen LogP contribution in [0.1, 0.15) is 21.5 Å². The molecule has 0 saturated heterocycles. The van der Waals surface area contributed by atoms with Crippen molar-refractivity contribution in [2.45, 2.75) is 23.8 Å². The number of carbonyl (C=O) groups excluding carboxylic acids is 2. The molecule has 3 aromatic rings. The molecular weight excluding hydrogens is 424 g/mol. The minimum Gasteiger partial charge on any atom is -0.487 e. The second-order valence-corrected chi connectivity index (χ2v) is 8.37. The van der Waals surface area contributed by atoms with Crippen molar-refractivity contribution in [2.75, 3.05) is 19.9 Å². The number of amides is 1. The molecule has 2 heterocycles. The van der Waals surface area contributed by atoms with E-state index in [9.17, 15) is 9.59 Å². The van der Waals surface area contributed by atoms with Crippen molar-refractivity contribution in [2.24, 2.45) is 0 Å². The normalized spacial score (nSPS) is 14.4. The molecule has 0 radical (unpaired) electrons. The average Bonchev–Trinajstić information content (AvgIpc) is 3.26. The lowest BCUT2D eigenvalue weighted by Gasteiger charge is -2.13. The molecule has 1 amide bonds. The Morgan fingerprint density at radius 2 is 1.97 bits per heavy atom. The van der Waals surface area contributed by atoms with E-state index in [4.69, 9.17) is 9.47 Å². The van der Waals surface area contributed by atoms with Crippen LogP contribution in [0.2, 0.25) is 0 Å². The van der Waals surface area contributed by atoms with E-state index in [1.165, 1.54) is 18.2 Å². The topological polar surface area (TPSA) is 77.5 Å². The number of nitrogens with zero attached hydrogens (tertiary/aromatic N) is 1. The molecular formula is C25H24N2O4S. The Labute approximate surface area is 191 Å². The Kier molecular flexibility index (Phi) is 6.75. The first kappa shape index (κ1) is 21.9. The number of para-hydroxylation sites is 1. The van der Waals surface area contributed by atoms with Gasteiger partial charge in [0.1, 0.15) is 11.9 Å². The van der Waals surface area contributed by atoms with Crippen molar-refractivity contribution < 1.29 is 19.1 Å². The van der Waals surface area contributed by atoms with Crippen LogP contribution in [0.15, 0.2) is 65.7 Å². The Hall–Kier alpha value is -3.32. The highest BCUT2D eigenvalue weighted by Crippen LogP contribution is 2.38. The summed E-state index contributed by atoms with van der Waals surface area (Å²) in [6, 6.07) is 17.4. The zero-order valence-electron chi connectivity index (χ0n) is 18.0. The summed E-state index contributed by atoms with van der Waals surface area (Å²) in [5.41, 5.74) is 4.04. The molecule has 0 spiro atoms. The fourth-order valence-electron chi connectivity index (χ4n) is 3.66. The maximum Gasteiger partial charge on any atom is 0.339 e. The molecule has 0 fully saturated rings. The first-order valence-corrected chi connectivity index (χ1v) is 11.5. The number of ether oxygens (including phenoxy) is 2. The molecule has 1 N–H and O–H groups in total. The lowest BCUT2D eigenvalue weighted by atomic mass is 10.0. The van der Waals surface area contributed by atoms with Gasteiger partial charge in [0.25, 0.3) is 0 Å². The van der Waals surface area contributed by atoms with Crippen molar-refractivity contribution in [3.05, 3.63) is 77.5 Å². The monoisotopic (exact) mass is 448 g/mol. The van der Waals surface area contributed by atoms with Gasteiger partial charge in [0.15, 0.2) is 0 Å². The fraction of sp³-hybridized carbons (Fsp3) is 0.240. The summed E-state index contributed by atoms with van der Waals surface area (Å²) in [5, 5.41) is 2.99. The van der Waals surface area contributed by atoms with Crippen LogP contribution in [0.25, 0.3) is 11.3 Å². The number of carbonyl (C=O) groups is 2. The third-order valence-corrected chi connectivity index (χ3v) is 6.08. The number of thioether (sulfide) groups is 1. The van der Waals surface area contributed by atoms with Crippen LogP contribution in [0, 0.1) is 0 Å². The molecule has 2 aromatic carbocycles. The molecule has 6 nitrogen and oxygen atoms in total. The van der Waals surface area contributed by atoms with Gasteiger partial charge in [0, 0.05) is 23.1 Å². The molecule has 0 saturated carbocycles. The van der Waals surface area contributed by atoms with Gasteiger partial charge >= 0.3 is 5.97 Å². The molecule has 7 heteroatoms. The van der Waals surface area contributed by atoms with E-state index in [2.05, 4.69) is 10.3 Å². The minimum atomic E-state index is -0.422. The summed E-state index contributed by atoms with van der Waals surface area (Å²) in [5.74, 6) is 0.328. The van der Waals surface area contributed by atoms with E-state index in [0.29, 0.717) is 30.6 Å². The molecule has 32 heavy (non-hydrogen) atoms. The van der Waals surface area contributed by atoms with E-state index in [1.807, 2.05) is 48.7 Å². The second kappa shape index (κ2) is 9.87. The smallest absolute Gasteiger partial charge is 0.339 e. The predicted octanol–water partition coefficient (Wildman–Crippen LogP) is 3.92. The highest BCUT2D eigenvalue weighted by molar-refractivity contribution is 7.98. The van der Waals surface area contributed by atoms with Crippen LogP contribution in [0.5, 0.6) is 5.75 Å². The highest BCUT2D eigenvalue weighted by atomic mass is 32.2. The molecule has 1 unspecified atom stereocenters. The SMILES string of the molecule is COC(=O)c1ccc(-c2cccc3c2OC(CNC(=O)Cc2ccc(SC)cc2)C3)nc1. The van der Waals surface area contributed by atoms with Crippen LogP contribution in [-0.4, -0.2) is 42.9 Å². The van der Waals surface area contributed by atoms with Gasteiger partial charge in [0.2, 0.25) is 5.91 Å². The van der Waals surface area contributed by atoms with Crippen molar-refractivity contribution >= 4 is 23.6 Å². The molecule has 1 aliphatic rings. The molecule has 1 aromatic heterocycles. The van der Waals surface area contributed by atoms with Crippen LogP contribution >= 0.6 is 11.8 Å². The molecule has 1 aliphatic heterocycles. The van der Waals surface area contributed by atoms with Gasteiger partial charge < -0.3 is 14.8 Å². The van der Waals surface area contributed by atoms with Gasteiger partial charge in [-0.1, -0.05) is 24.3 Å². The van der Waals surface area contributed by atoms with E-state index < -0.39 is 5.97 Å². The van der Waals surface area contributed by atoms with Gasteiger partial charge in [-0.25, -0.2) is 4.79 Å². The van der Waals surface area contributed by atoms with Crippen molar-refractivity contribution in [3.8, 4) is 17.0 Å². The number of rotatable bonds is 7. The first-order valence-electron chi connectivity index (χ1n) is 10.3. The maximum atomic E-state index is 12.4. The van der Waals surface area contributed by atoms with Crippen LogP contribution in [0.3, 0.4) is 0 Å². The first-order chi connectivity index (χ1) is 15.6. The van der Waals surface area contributed by atoms with Crippen molar-refractivity contribution in [1.82, 2.24) is 10.3 Å². The molecule has 1 atom stereocenters. The highest BCUT2D eigenvalue weighted by Gasteiger charge is 2.26.